The van der Waals surface area contributed by atoms with Crippen molar-refractivity contribution in [3.63, 3.8) is 0 Å². The summed E-state index contributed by atoms with van der Waals surface area (Å²) in [5.41, 5.74) is 1.16. The molecule has 0 saturated carbocycles. The highest BCUT2D eigenvalue weighted by atomic mass is 35.5. The van der Waals surface area contributed by atoms with Gasteiger partial charge in [0.15, 0.2) is 0 Å². The van der Waals surface area contributed by atoms with Crippen LogP contribution in [0.25, 0.3) is 0 Å². The number of amides is 1. The molecule has 0 atom stereocenters. The Labute approximate surface area is 110 Å². The fourth-order valence-electron chi connectivity index (χ4n) is 1.94. The number of methoxy groups -OCH3 is 1. The minimum atomic E-state index is -0.425. The second-order valence-corrected chi connectivity index (χ2v) is 4.26. The van der Waals surface area contributed by atoms with Crippen molar-refractivity contribution in [2.45, 2.75) is 6.42 Å². The number of halogens is 1. The summed E-state index contributed by atoms with van der Waals surface area (Å²) in [7, 11) is 1.34. The van der Waals surface area contributed by atoms with E-state index < -0.39 is 6.09 Å². The fraction of sp³-hybridized carbons (Fsp3) is 0.333. The average molecular weight is 266 g/mol. The first-order chi connectivity index (χ1) is 8.67. The first-order valence-corrected chi connectivity index (χ1v) is 5.87. The molecule has 1 amide bonds. The highest BCUT2D eigenvalue weighted by molar-refractivity contribution is 6.33. The van der Waals surface area contributed by atoms with Gasteiger partial charge < -0.3 is 4.74 Å². The molecule has 6 heteroatoms. The molecular formula is C12H12ClN3O2. The van der Waals surface area contributed by atoms with Crippen molar-refractivity contribution in [3.05, 3.63) is 28.8 Å². The van der Waals surface area contributed by atoms with Crippen molar-refractivity contribution in [2.24, 2.45) is 0 Å². The first kappa shape index (κ1) is 12.5. The number of nitriles is 1. The number of hydrazine groups is 1. The van der Waals surface area contributed by atoms with E-state index in [1.807, 2.05) is 0 Å². The van der Waals surface area contributed by atoms with E-state index in [2.05, 4.69) is 6.07 Å². The van der Waals surface area contributed by atoms with Crippen molar-refractivity contribution in [3.8, 4) is 6.07 Å². The van der Waals surface area contributed by atoms with Gasteiger partial charge in [-0.2, -0.15) is 5.26 Å². The molecule has 94 valence electrons. The van der Waals surface area contributed by atoms with Crippen LogP contribution < -0.4 is 5.01 Å². The largest absolute Gasteiger partial charge is 0.452 e. The third-order valence-corrected chi connectivity index (χ3v) is 3.09. The van der Waals surface area contributed by atoms with Gasteiger partial charge in [0.2, 0.25) is 0 Å². The minimum absolute atomic E-state index is 0.425. The average Bonchev–Trinajstić information content (AvgIpc) is 2.87. The topological polar surface area (TPSA) is 56.6 Å². The van der Waals surface area contributed by atoms with Crippen LogP contribution in [0.5, 0.6) is 0 Å². The standard InChI is InChI=1S/C12H12ClN3O2/c1-18-12(17)16-6-2-5-15(16)11-7-9(8-14)3-4-10(11)13/h3-4,7H,2,5-6H2,1H3. The quantitative estimate of drug-likeness (QED) is 0.782. The maximum absolute atomic E-state index is 11.6. The molecule has 0 spiro atoms. The molecule has 1 heterocycles. The van der Waals surface area contributed by atoms with Crippen molar-refractivity contribution < 1.29 is 9.53 Å². The molecule has 5 nitrogen and oxygen atoms in total. The van der Waals surface area contributed by atoms with Gasteiger partial charge >= 0.3 is 6.09 Å². The zero-order valence-corrected chi connectivity index (χ0v) is 10.6. The van der Waals surface area contributed by atoms with E-state index >= 15 is 0 Å². The number of hydrogen-bond acceptors (Lipinski definition) is 4. The third-order valence-electron chi connectivity index (χ3n) is 2.77. The lowest BCUT2D eigenvalue weighted by Gasteiger charge is -2.29. The van der Waals surface area contributed by atoms with Crippen LogP contribution in [-0.4, -0.2) is 31.3 Å². The number of nitrogens with zero attached hydrogens (tertiary/aromatic N) is 3. The van der Waals surface area contributed by atoms with Crippen LogP contribution in [0, 0.1) is 11.3 Å². The van der Waals surface area contributed by atoms with Gasteiger partial charge in [0.05, 0.1) is 29.5 Å². The van der Waals surface area contributed by atoms with Gasteiger partial charge in [0, 0.05) is 13.1 Å². The molecular weight excluding hydrogens is 254 g/mol. The summed E-state index contributed by atoms with van der Waals surface area (Å²) in [6.07, 6.45) is 0.410. The van der Waals surface area contributed by atoms with Crippen LogP contribution in [0.4, 0.5) is 10.5 Å². The Morgan fingerprint density at radius 1 is 1.50 bits per heavy atom. The summed E-state index contributed by atoms with van der Waals surface area (Å²) in [6.45, 7) is 1.25. The Bertz CT molecular complexity index is 513. The van der Waals surface area contributed by atoms with Crippen LogP contribution in [0.2, 0.25) is 5.02 Å². The van der Waals surface area contributed by atoms with Crippen LogP contribution in [-0.2, 0) is 4.74 Å². The maximum Gasteiger partial charge on any atom is 0.428 e. The molecule has 0 unspecified atom stereocenters. The van der Waals surface area contributed by atoms with Gasteiger partial charge in [-0.15, -0.1) is 0 Å². The molecule has 0 radical (unpaired) electrons. The van der Waals surface area contributed by atoms with Gasteiger partial charge in [-0.3, -0.25) is 5.01 Å². The Morgan fingerprint density at radius 2 is 2.28 bits per heavy atom. The van der Waals surface area contributed by atoms with E-state index in [0.717, 1.165) is 6.42 Å². The Hall–Kier alpha value is -1.93. The highest BCUT2D eigenvalue weighted by Gasteiger charge is 2.29. The Balaban J connectivity index is 2.36. The number of carbonyl (C=O) groups is 1. The molecule has 1 saturated heterocycles. The first-order valence-electron chi connectivity index (χ1n) is 5.50. The summed E-state index contributed by atoms with van der Waals surface area (Å²) < 4.78 is 4.72. The van der Waals surface area contributed by atoms with Gasteiger partial charge in [-0.25, -0.2) is 9.80 Å². The Morgan fingerprint density at radius 3 is 2.94 bits per heavy atom. The molecule has 0 N–H and O–H groups in total. The monoisotopic (exact) mass is 265 g/mol. The van der Waals surface area contributed by atoms with Crippen LogP contribution in [0.1, 0.15) is 12.0 Å². The van der Waals surface area contributed by atoms with Crippen LogP contribution >= 0.6 is 11.6 Å². The molecule has 0 aromatic heterocycles. The number of ether oxygens (including phenoxy) is 1. The molecule has 18 heavy (non-hydrogen) atoms. The van der Waals surface area contributed by atoms with E-state index in [-0.39, 0.29) is 0 Å². The predicted molar refractivity (Wildman–Crippen MR) is 67.2 cm³/mol. The molecule has 0 bridgehead atoms. The van der Waals surface area contributed by atoms with Crippen molar-refractivity contribution in [1.82, 2.24) is 5.01 Å². The number of anilines is 1. The summed E-state index contributed by atoms with van der Waals surface area (Å²) in [4.78, 5) is 11.6. The number of rotatable bonds is 1. The SMILES string of the molecule is COC(=O)N1CCCN1c1cc(C#N)ccc1Cl. The molecule has 2 rings (SSSR count). The lowest BCUT2D eigenvalue weighted by molar-refractivity contribution is 0.129. The second kappa shape index (κ2) is 5.15. The Kier molecular flexibility index (Phi) is 3.58. The van der Waals surface area contributed by atoms with Crippen LogP contribution in [0.15, 0.2) is 18.2 Å². The van der Waals surface area contributed by atoms with Gasteiger partial charge in [0.1, 0.15) is 0 Å². The zero-order valence-electron chi connectivity index (χ0n) is 9.89. The van der Waals surface area contributed by atoms with E-state index in [0.29, 0.717) is 29.4 Å². The lowest BCUT2D eigenvalue weighted by Crippen LogP contribution is -2.41. The third kappa shape index (κ3) is 2.20. The fourth-order valence-corrected chi connectivity index (χ4v) is 2.15. The molecule has 1 aromatic carbocycles. The lowest BCUT2D eigenvalue weighted by atomic mass is 10.2. The molecule has 1 aromatic rings. The molecule has 1 aliphatic heterocycles. The van der Waals surface area contributed by atoms with E-state index in [1.54, 1.807) is 23.2 Å². The summed E-state index contributed by atoms with van der Waals surface area (Å²) >= 11 is 6.12. The van der Waals surface area contributed by atoms with Crippen molar-refractivity contribution in [2.75, 3.05) is 25.2 Å². The normalized spacial score (nSPS) is 14.5. The van der Waals surface area contributed by atoms with E-state index in [1.165, 1.54) is 12.1 Å². The van der Waals surface area contributed by atoms with E-state index in [4.69, 9.17) is 21.6 Å². The maximum atomic E-state index is 11.6. The zero-order chi connectivity index (χ0) is 13.1. The smallest absolute Gasteiger partial charge is 0.428 e. The van der Waals surface area contributed by atoms with Gasteiger partial charge in [-0.05, 0) is 24.6 Å². The molecule has 1 fully saturated rings. The van der Waals surface area contributed by atoms with Gasteiger partial charge in [-0.1, -0.05) is 11.6 Å². The van der Waals surface area contributed by atoms with E-state index in [9.17, 15) is 4.79 Å². The van der Waals surface area contributed by atoms with Crippen molar-refractivity contribution >= 4 is 23.4 Å². The van der Waals surface area contributed by atoms with Crippen molar-refractivity contribution in [1.29, 1.82) is 5.26 Å². The number of carbonyl (C=O) groups excluding carboxylic acids is 1. The van der Waals surface area contributed by atoms with Crippen LogP contribution in [0.3, 0.4) is 0 Å². The summed E-state index contributed by atoms with van der Waals surface area (Å²) in [5, 5.41) is 12.6. The molecule has 1 aliphatic rings. The number of benzene rings is 1. The summed E-state index contributed by atoms with van der Waals surface area (Å²) in [5.74, 6) is 0. The number of hydrogen-bond donors (Lipinski definition) is 0. The van der Waals surface area contributed by atoms with Gasteiger partial charge in [0.25, 0.3) is 0 Å². The second-order valence-electron chi connectivity index (χ2n) is 3.85. The minimum Gasteiger partial charge on any atom is -0.452 e. The summed E-state index contributed by atoms with van der Waals surface area (Å²) in [6, 6.07) is 7.03. The molecule has 0 aliphatic carbocycles. The highest BCUT2D eigenvalue weighted by Crippen LogP contribution is 2.30. The predicted octanol–water partition coefficient (Wildman–Crippen LogP) is 2.41.